The maximum atomic E-state index is 12.7. The number of halogens is 6. The molecule has 25 heavy (non-hydrogen) atoms. The van der Waals surface area contributed by atoms with Crippen molar-refractivity contribution in [1.82, 2.24) is 15.5 Å². The Morgan fingerprint density at radius 1 is 1.12 bits per heavy atom. The first-order valence-electron chi connectivity index (χ1n) is 7.37. The zero-order valence-electron chi connectivity index (χ0n) is 13.8. The molecule has 0 saturated carbocycles. The molecule has 0 bridgehead atoms. The lowest BCUT2D eigenvalue weighted by atomic mass is 10.1. The van der Waals surface area contributed by atoms with Crippen LogP contribution in [0.3, 0.4) is 0 Å². The average molecular weight is 370 g/mol. The Morgan fingerprint density at radius 3 is 2.36 bits per heavy atom. The fourth-order valence-corrected chi connectivity index (χ4v) is 2.01. The second-order valence-corrected chi connectivity index (χ2v) is 5.40. The van der Waals surface area contributed by atoms with Gasteiger partial charge in [0.2, 0.25) is 0 Å². The van der Waals surface area contributed by atoms with Gasteiger partial charge >= 0.3 is 12.4 Å². The fraction of sp³-hybridized carbons (Fsp3) is 0.533. The van der Waals surface area contributed by atoms with Gasteiger partial charge in [-0.3, -0.25) is 9.89 Å². The summed E-state index contributed by atoms with van der Waals surface area (Å²) < 4.78 is 74.6. The van der Waals surface area contributed by atoms with Crippen LogP contribution in [0.25, 0.3) is 0 Å². The summed E-state index contributed by atoms with van der Waals surface area (Å²) in [7, 11) is 2.80. The summed E-state index contributed by atoms with van der Waals surface area (Å²) in [6.07, 6.45) is -8.68. The summed E-state index contributed by atoms with van der Waals surface area (Å²) in [6.45, 7) is -0.592. The minimum Gasteiger partial charge on any atom is -0.355 e. The van der Waals surface area contributed by atoms with E-state index in [1.807, 2.05) is 0 Å². The van der Waals surface area contributed by atoms with Gasteiger partial charge in [0.25, 0.3) is 0 Å². The third kappa shape index (κ3) is 8.62. The highest BCUT2D eigenvalue weighted by atomic mass is 19.4. The minimum atomic E-state index is -4.42. The van der Waals surface area contributed by atoms with Crippen molar-refractivity contribution >= 4 is 5.96 Å². The predicted molar refractivity (Wildman–Crippen MR) is 83.2 cm³/mol. The molecule has 0 fully saturated rings. The minimum absolute atomic E-state index is 0.0992. The van der Waals surface area contributed by atoms with Crippen molar-refractivity contribution in [1.29, 1.82) is 0 Å². The van der Waals surface area contributed by atoms with E-state index in [2.05, 4.69) is 15.6 Å². The van der Waals surface area contributed by atoms with Crippen molar-refractivity contribution in [2.24, 2.45) is 4.99 Å². The summed E-state index contributed by atoms with van der Waals surface area (Å²) in [4.78, 5) is 4.98. The monoisotopic (exact) mass is 370 g/mol. The van der Waals surface area contributed by atoms with Gasteiger partial charge in [-0.05, 0) is 24.7 Å². The van der Waals surface area contributed by atoms with E-state index in [4.69, 9.17) is 0 Å². The molecule has 2 N–H and O–H groups in total. The number of nitrogens with zero attached hydrogens (tertiary/aromatic N) is 2. The first kappa shape index (κ1) is 21.1. The highest BCUT2D eigenvalue weighted by molar-refractivity contribution is 5.79. The molecule has 10 heteroatoms. The van der Waals surface area contributed by atoms with E-state index in [-0.39, 0.29) is 25.6 Å². The van der Waals surface area contributed by atoms with E-state index in [0.29, 0.717) is 5.56 Å². The smallest absolute Gasteiger partial charge is 0.355 e. The molecule has 0 saturated heterocycles. The van der Waals surface area contributed by atoms with E-state index in [0.717, 1.165) is 17.0 Å². The Hall–Kier alpha value is -1.97. The number of hydrogen-bond acceptors (Lipinski definition) is 2. The molecule has 0 aromatic heterocycles. The number of likely N-dealkylation sites (N-methyl/N-ethyl adjacent to an activating group) is 1. The SMILES string of the molecule is CN=C(NCCN(C)CC(F)(F)F)NCc1cccc(C(F)(F)F)c1. The Kier molecular flexibility index (Phi) is 7.53. The van der Waals surface area contributed by atoms with Gasteiger partial charge in [-0.25, -0.2) is 0 Å². The molecule has 0 spiro atoms. The lowest BCUT2D eigenvalue weighted by molar-refractivity contribution is -0.142. The molecule has 4 nitrogen and oxygen atoms in total. The Morgan fingerprint density at radius 2 is 1.80 bits per heavy atom. The summed E-state index contributed by atoms with van der Waals surface area (Å²) in [5.74, 6) is 0.290. The Labute approximate surface area is 141 Å². The second-order valence-electron chi connectivity index (χ2n) is 5.40. The van der Waals surface area contributed by atoms with E-state index < -0.39 is 24.5 Å². The first-order chi connectivity index (χ1) is 11.5. The van der Waals surface area contributed by atoms with Crippen molar-refractivity contribution in [2.45, 2.75) is 18.9 Å². The van der Waals surface area contributed by atoms with Crippen LogP contribution in [0.5, 0.6) is 0 Å². The molecule has 0 atom stereocenters. The zero-order chi connectivity index (χ0) is 19.1. The first-order valence-corrected chi connectivity index (χ1v) is 7.37. The summed E-state index contributed by atoms with van der Waals surface area (Å²) in [5.41, 5.74) is -0.338. The Balaban J connectivity index is 2.45. The zero-order valence-corrected chi connectivity index (χ0v) is 13.8. The highest BCUT2D eigenvalue weighted by Crippen LogP contribution is 2.29. The Bertz CT molecular complexity index is 568. The van der Waals surface area contributed by atoms with Crippen LogP contribution in [0.2, 0.25) is 0 Å². The molecule has 0 unspecified atom stereocenters. The summed E-state index contributed by atoms with van der Waals surface area (Å²) >= 11 is 0. The van der Waals surface area contributed by atoms with Crippen LogP contribution in [0, 0.1) is 0 Å². The van der Waals surface area contributed by atoms with Gasteiger partial charge in [0, 0.05) is 26.7 Å². The predicted octanol–water partition coefficient (Wildman–Crippen LogP) is 2.86. The van der Waals surface area contributed by atoms with E-state index in [1.165, 1.54) is 26.2 Å². The van der Waals surface area contributed by atoms with Crippen LogP contribution in [0.15, 0.2) is 29.3 Å². The maximum Gasteiger partial charge on any atom is 0.416 e. The van der Waals surface area contributed by atoms with Crippen LogP contribution >= 0.6 is 0 Å². The summed E-state index contributed by atoms with van der Waals surface area (Å²) in [6, 6.07) is 4.85. The lowest BCUT2D eigenvalue weighted by Gasteiger charge is -2.19. The molecule has 1 rings (SSSR count). The van der Waals surface area contributed by atoms with Crippen LogP contribution in [0.1, 0.15) is 11.1 Å². The van der Waals surface area contributed by atoms with Gasteiger partial charge in [0.15, 0.2) is 5.96 Å². The van der Waals surface area contributed by atoms with E-state index >= 15 is 0 Å². The molecular formula is C15H20F6N4. The molecule has 0 aliphatic rings. The number of benzene rings is 1. The van der Waals surface area contributed by atoms with Crippen molar-refractivity contribution < 1.29 is 26.3 Å². The normalized spacial score (nSPS) is 13.2. The molecule has 0 aliphatic heterocycles. The number of aliphatic imine (C=N–C) groups is 1. The molecule has 0 heterocycles. The van der Waals surface area contributed by atoms with E-state index in [9.17, 15) is 26.3 Å². The maximum absolute atomic E-state index is 12.7. The van der Waals surface area contributed by atoms with Gasteiger partial charge in [0.1, 0.15) is 0 Å². The summed E-state index contributed by atoms with van der Waals surface area (Å²) in [5, 5.41) is 5.63. The van der Waals surface area contributed by atoms with Gasteiger partial charge in [-0.2, -0.15) is 26.3 Å². The topological polar surface area (TPSA) is 39.7 Å². The largest absolute Gasteiger partial charge is 0.416 e. The molecule has 142 valence electrons. The van der Waals surface area contributed by atoms with Gasteiger partial charge < -0.3 is 10.6 Å². The van der Waals surface area contributed by atoms with Crippen molar-refractivity contribution in [3.8, 4) is 0 Å². The highest BCUT2D eigenvalue weighted by Gasteiger charge is 2.30. The second kappa shape index (κ2) is 8.93. The van der Waals surface area contributed by atoms with Crippen molar-refractivity contribution in [3.63, 3.8) is 0 Å². The number of rotatable bonds is 6. The van der Waals surface area contributed by atoms with E-state index in [1.54, 1.807) is 0 Å². The molecule has 1 aromatic rings. The number of hydrogen-bond donors (Lipinski definition) is 2. The van der Waals surface area contributed by atoms with Gasteiger partial charge in [-0.1, -0.05) is 12.1 Å². The molecular weight excluding hydrogens is 350 g/mol. The van der Waals surface area contributed by atoms with Crippen LogP contribution < -0.4 is 10.6 Å². The molecule has 1 aromatic carbocycles. The van der Waals surface area contributed by atoms with Crippen LogP contribution in [-0.4, -0.2) is 50.8 Å². The van der Waals surface area contributed by atoms with Crippen LogP contribution in [-0.2, 0) is 12.7 Å². The number of guanidine groups is 1. The molecule has 0 radical (unpaired) electrons. The van der Waals surface area contributed by atoms with Gasteiger partial charge in [-0.15, -0.1) is 0 Å². The van der Waals surface area contributed by atoms with Gasteiger partial charge in [0.05, 0.1) is 12.1 Å². The fourth-order valence-electron chi connectivity index (χ4n) is 2.01. The standard InChI is InChI=1S/C15H20F6N4/c1-22-13(23-6-7-25(2)10-14(16,17)18)24-9-11-4-3-5-12(8-11)15(19,20)21/h3-5,8H,6-7,9-10H2,1-2H3,(H2,22,23,24). The quantitative estimate of drug-likeness (QED) is 0.460. The number of alkyl halides is 6. The average Bonchev–Trinajstić information content (AvgIpc) is 2.48. The molecule has 0 amide bonds. The third-order valence-corrected chi connectivity index (χ3v) is 3.17. The van der Waals surface area contributed by atoms with Crippen LogP contribution in [0.4, 0.5) is 26.3 Å². The third-order valence-electron chi connectivity index (χ3n) is 3.17. The van der Waals surface area contributed by atoms with Crippen molar-refractivity contribution in [2.75, 3.05) is 33.7 Å². The number of nitrogens with one attached hydrogen (secondary N) is 2. The molecule has 0 aliphatic carbocycles. The van der Waals surface area contributed by atoms with Crippen molar-refractivity contribution in [3.05, 3.63) is 35.4 Å². The lowest BCUT2D eigenvalue weighted by Crippen LogP contribution is -2.42.